The Morgan fingerprint density at radius 1 is 0.636 bits per heavy atom. The number of aliphatic imine (C=N–C) groups is 1. The Bertz CT molecular complexity index is 2370. The number of benzene rings is 6. The molecule has 44 heavy (non-hydrogen) atoms. The summed E-state index contributed by atoms with van der Waals surface area (Å²) < 4.78 is 2.11. The first kappa shape index (κ1) is 27.6. The molecule has 0 aliphatic heterocycles. The molecule has 5 nitrogen and oxygen atoms in total. The van der Waals surface area contributed by atoms with Crippen molar-refractivity contribution in [1.29, 1.82) is 0 Å². The summed E-state index contributed by atoms with van der Waals surface area (Å²) in [4.78, 5) is 9.82. The number of nitrogens with zero attached hydrogens (tertiary/aromatic N) is 3. The molecular formula is C38H25N3O2Pt. The summed E-state index contributed by atoms with van der Waals surface area (Å²) in [6.45, 7) is 0. The number of fused-ring (bicyclic) bond motifs is 5. The van der Waals surface area contributed by atoms with Crippen LogP contribution in [-0.2, 0) is 21.1 Å². The fourth-order valence-corrected chi connectivity index (χ4v) is 6.09. The summed E-state index contributed by atoms with van der Waals surface area (Å²) in [5.41, 5.74) is 5.34. The number of pyridine rings is 1. The number of aromatic nitrogens is 2. The minimum Gasteiger partial charge on any atom is -0.507 e. The van der Waals surface area contributed by atoms with Crippen LogP contribution in [0.2, 0.25) is 0 Å². The molecule has 214 valence electrons. The molecule has 0 atom stereocenters. The molecule has 0 saturated heterocycles. The van der Waals surface area contributed by atoms with Crippen LogP contribution in [0.3, 0.4) is 0 Å². The zero-order valence-electron chi connectivity index (χ0n) is 23.3. The van der Waals surface area contributed by atoms with E-state index in [-0.39, 0.29) is 32.6 Å². The maximum Gasteiger partial charge on any atom is 0.149 e. The molecule has 0 amide bonds. The van der Waals surface area contributed by atoms with Crippen molar-refractivity contribution >= 4 is 55.3 Å². The molecule has 8 rings (SSSR count). The summed E-state index contributed by atoms with van der Waals surface area (Å²) in [7, 11) is 0. The molecule has 2 aromatic heterocycles. The molecule has 0 aliphatic rings. The van der Waals surface area contributed by atoms with Crippen LogP contribution in [0.25, 0.3) is 60.3 Å². The molecular weight excluding hydrogens is 726 g/mol. The molecule has 0 unspecified atom stereocenters. The van der Waals surface area contributed by atoms with Gasteiger partial charge in [0, 0.05) is 53.9 Å². The molecule has 2 heterocycles. The van der Waals surface area contributed by atoms with Gasteiger partial charge in [0.1, 0.15) is 11.5 Å². The Balaban J connectivity index is 0.00000312. The van der Waals surface area contributed by atoms with Crippen molar-refractivity contribution < 1.29 is 31.3 Å². The van der Waals surface area contributed by atoms with E-state index in [1.165, 1.54) is 0 Å². The molecule has 0 fully saturated rings. The van der Waals surface area contributed by atoms with Crippen LogP contribution in [0.1, 0.15) is 5.69 Å². The zero-order chi connectivity index (χ0) is 28.9. The second-order valence-electron chi connectivity index (χ2n) is 10.6. The third kappa shape index (κ3) is 4.45. The minimum atomic E-state index is 0. The van der Waals surface area contributed by atoms with Crippen LogP contribution in [0.5, 0.6) is 11.5 Å². The van der Waals surface area contributed by atoms with Gasteiger partial charge in [-0.25, -0.2) is 4.98 Å². The number of rotatable bonds is 4. The fourth-order valence-electron chi connectivity index (χ4n) is 6.09. The van der Waals surface area contributed by atoms with Gasteiger partial charge < -0.3 is 14.8 Å². The van der Waals surface area contributed by atoms with Crippen LogP contribution in [0, 0.1) is 0 Å². The predicted octanol–water partition coefficient (Wildman–Crippen LogP) is 9.31. The van der Waals surface area contributed by atoms with Gasteiger partial charge in [0.2, 0.25) is 0 Å². The first-order valence-electron chi connectivity index (χ1n) is 14.1. The summed E-state index contributed by atoms with van der Waals surface area (Å²) in [5.74, 6) is 0.353. The Morgan fingerprint density at radius 3 is 2.18 bits per heavy atom. The van der Waals surface area contributed by atoms with E-state index < -0.39 is 0 Å². The van der Waals surface area contributed by atoms with Gasteiger partial charge >= 0.3 is 0 Å². The molecule has 0 bridgehead atoms. The number of para-hydroxylation sites is 2. The smallest absolute Gasteiger partial charge is 0.149 e. The van der Waals surface area contributed by atoms with Gasteiger partial charge in [-0.2, -0.15) is 0 Å². The Hall–Kier alpha value is -5.25. The standard InChI is InChI=1S/C38H25N3O2.Pt/c42-35-19-9-12-24-11-8-17-31(36(24)35)39-23-33-27-15-5-4-10-25(27)22-32(40-33)30-21-20-29-28-16-6-7-18-34(28)41(37(29)38(30)43)26-13-2-1-3-14-26;/h1-23,42-43H;. The average Bonchev–Trinajstić information content (AvgIpc) is 3.39. The maximum absolute atomic E-state index is 11.9. The largest absolute Gasteiger partial charge is 0.507 e. The first-order chi connectivity index (χ1) is 21.2. The third-order valence-corrected chi connectivity index (χ3v) is 8.06. The van der Waals surface area contributed by atoms with E-state index in [1.807, 2.05) is 109 Å². The van der Waals surface area contributed by atoms with Crippen LogP contribution in [-0.4, -0.2) is 26.0 Å². The average molecular weight is 751 g/mol. The molecule has 0 saturated carbocycles. The second-order valence-corrected chi connectivity index (χ2v) is 10.6. The molecule has 2 N–H and O–H groups in total. The summed E-state index contributed by atoms with van der Waals surface area (Å²) in [6.07, 6.45) is 1.74. The first-order valence-corrected chi connectivity index (χ1v) is 14.1. The van der Waals surface area contributed by atoms with Gasteiger partial charge in [-0.1, -0.05) is 91.0 Å². The quantitative estimate of drug-likeness (QED) is 0.176. The van der Waals surface area contributed by atoms with Crippen molar-refractivity contribution in [2.75, 3.05) is 0 Å². The van der Waals surface area contributed by atoms with E-state index in [4.69, 9.17) is 9.98 Å². The van der Waals surface area contributed by atoms with Gasteiger partial charge in [-0.15, -0.1) is 0 Å². The predicted molar refractivity (Wildman–Crippen MR) is 176 cm³/mol. The number of phenols is 2. The Labute approximate surface area is 267 Å². The SMILES string of the molecule is Oc1cccc2cccc(N=Cc3nc(-c4ccc5c6ccccc6n(-c6ccccc6)c5c4O)cc4ccccc34)c12.[Pt]. The van der Waals surface area contributed by atoms with Crippen molar-refractivity contribution in [1.82, 2.24) is 9.55 Å². The van der Waals surface area contributed by atoms with Crippen molar-refractivity contribution in [3.05, 3.63) is 139 Å². The molecule has 6 aromatic carbocycles. The van der Waals surface area contributed by atoms with Gasteiger partial charge in [-0.3, -0.25) is 4.99 Å². The van der Waals surface area contributed by atoms with Crippen LogP contribution >= 0.6 is 0 Å². The zero-order valence-corrected chi connectivity index (χ0v) is 25.6. The molecule has 0 aliphatic carbocycles. The minimum absolute atomic E-state index is 0. The summed E-state index contributed by atoms with van der Waals surface area (Å²) >= 11 is 0. The van der Waals surface area contributed by atoms with E-state index in [2.05, 4.69) is 22.8 Å². The third-order valence-electron chi connectivity index (χ3n) is 8.06. The number of hydrogen-bond donors (Lipinski definition) is 2. The van der Waals surface area contributed by atoms with Gasteiger partial charge in [0.15, 0.2) is 0 Å². The number of phenolic OH excluding ortho intramolecular Hbond substituents is 2. The van der Waals surface area contributed by atoms with Crippen molar-refractivity contribution in [3.8, 4) is 28.4 Å². The fraction of sp³-hybridized carbons (Fsp3) is 0. The van der Waals surface area contributed by atoms with E-state index in [9.17, 15) is 10.2 Å². The molecule has 6 heteroatoms. The van der Waals surface area contributed by atoms with E-state index in [1.54, 1.807) is 12.3 Å². The van der Waals surface area contributed by atoms with Crippen LogP contribution in [0.4, 0.5) is 5.69 Å². The molecule has 0 spiro atoms. The van der Waals surface area contributed by atoms with E-state index in [0.717, 1.165) is 43.7 Å². The molecule has 0 radical (unpaired) electrons. The number of aromatic hydroxyl groups is 2. The van der Waals surface area contributed by atoms with Crippen LogP contribution in [0.15, 0.2) is 138 Å². The Kier molecular flexibility index (Phi) is 6.96. The van der Waals surface area contributed by atoms with Crippen molar-refractivity contribution in [2.24, 2.45) is 4.99 Å². The van der Waals surface area contributed by atoms with Crippen molar-refractivity contribution in [3.63, 3.8) is 0 Å². The summed E-state index contributed by atoms with van der Waals surface area (Å²) in [6, 6.07) is 43.6. The summed E-state index contributed by atoms with van der Waals surface area (Å²) in [5, 5.41) is 28.1. The monoisotopic (exact) mass is 750 g/mol. The van der Waals surface area contributed by atoms with Gasteiger partial charge in [-0.05, 0) is 53.2 Å². The van der Waals surface area contributed by atoms with Crippen LogP contribution < -0.4 is 0 Å². The van der Waals surface area contributed by atoms with Crippen molar-refractivity contribution in [2.45, 2.75) is 0 Å². The number of hydrogen-bond acceptors (Lipinski definition) is 4. The van der Waals surface area contributed by atoms with E-state index >= 15 is 0 Å². The maximum atomic E-state index is 11.9. The second kappa shape index (κ2) is 11.1. The van der Waals surface area contributed by atoms with E-state index in [0.29, 0.717) is 28.0 Å². The van der Waals surface area contributed by atoms with Gasteiger partial charge in [0.05, 0.1) is 34.3 Å². The Morgan fingerprint density at radius 2 is 1.34 bits per heavy atom. The molecule has 8 aromatic rings. The van der Waals surface area contributed by atoms with Gasteiger partial charge in [0.25, 0.3) is 0 Å². The topological polar surface area (TPSA) is 70.6 Å². The normalized spacial score (nSPS) is 11.5.